The van der Waals surface area contributed by atoms with E-state index in [1.54, 1.807) is 48.5 Å². The largest absolute Gasteiger partial charge is 0.348 e. The topological polar surface area (TPSA) is 98.0 Å². The van der Waals surface area contributed by atoms with Gasteiger partial charge in [0, 0.05) is 78.2 Å². The number of halogens is 2. The molecule has 0 saturated carbocycles. The van der Waals surface area contributed by atoms with Gasteiger partial charge >= 0.3 is 0 Å². The molecule has 2 saturated heterocycles. The molecular weight excluding hydrogens is 743 g/mol. The van der Waals surface area contributed by atoms with E-state index in [9.17, 15) is 18.4 Å². The third-order valence-corrected chi connectivity index (χ3v) is 11.4. The molecule has 0 bridgehead atoms. The maximum absolute atomic E-state index is 14.0. The lowest BCUT2D eigenvalue weighted by Gasteiger charge is -2.31. The first-order chi connectivity index (χ1) is 28.8. The molecule has 9 rings (SSSR count). The highest BCUT2D eigenvalue weighted by atomic mass is 19.1. The molecule has 59 heavy (non-hydrogen) atoms. The molecule has 5 aromatic carbocycles. The average molecular weight is 789 g/mol. The Morgan fingerprint density at radius 2 is 0.949 bits per heavy atom. The molecule has 0 atom stereocenters. The predicted molar refractivity (Wildman–Crippen MR) is 227 cm³/mol. The van der Waals surface area contributed by atoms with Crippen molar-refractivity contribution in [1.82, 2.24) is 29.7 Å². The molecule has 4 heterocycles. The molecule has 298 valence electrons. The number of carbonyl (C=O) groups is 2. The van der Waals surface area contributed by atoms with Crippen LogP contribution in [0.3, 0.4) is 0 Å². The van der Waals surface area contributed by atoms with Crippen LogP contribution in [0.25, 0.3) is 33.5 Å². The number of benzene rings is 5. The van der Waals surface area contributed by atoms with E-state index < -0.39 is 0 Å². The summed E-state index contributed by atoms with van der Waals surface area (Å²) >= 11 is 0. The second-order valence-electron chi connectivity index (χ2n) is 15.2. The molecule has 2 fully saturated rings. The van der Waals surface area contributed by atoms with Crippen LogP contribution in [0.2, 0.25) is 0 Å². The number of nitrogens with one attached hydrogen (secondary N) is 2. The zero-order valence-electron chi connectivity index (χ0n) is 33.0. The maximum atomic E-state index is 14.0. The van der Waals surface area contributed by atoms with Crippen LogP contribution in [0.15, 0.2) is 140 Å². The monoisotopic (exact) mass is 788 g/mol. The van der Waals surface area contributed by atoms with Crippen molar-refractivity contribution < 1.29 is 18.4 Å². The van der Waals surface area contributed by atoms with E-state index in [0.717, 1.165) is 78.5 Å². The van der Waals surface area contributed by atoms with Crippen LogP contribution < -0.4 is 0 Å². The minimum absolute atomic E-state index is 0.0213. The third kappa shape index (κ3) is 9.07. The van der Waals surface area contributed by atoms with Gasteiger partial charge in [-0.15, -0.1) is 0 Å². The summed E-state index contributed by atoms with van der Waals surface area (Å²) in [4.78, 5) is 45.4. The molecule has 2 aromatic heterocycles. The van der Waals surface area contributed by atoms with Crippen molar-refractivity contribution >= 4 is 11.8 Å². The normalized spacial score (nSPS) is 14.8. The zero-order valence-corrected chi connectivity index (χ0v) is 33.0. The Labute approximate surface area is 343 Å². The number of likely N-dealkylation sites (tertiary alicyclic amines) is 2. The van der Waals surface area contributed by atoms with E-state index in [0.29, 0.717) is 47.2 Å². The van der Waals surface area contributed by atoms with Crippen molar-refractivity contribution in [2.45, 2.75) is 44.4 Å². The molecule has 2 N–H and O–H groups in total. The predicted octanol–water partition coefficient (Wildman–Crippen LogP) is 10.4. The van der Waals surface area contributed by atoms with Gasteiger partial charge in [0.25, 0.3) is 11.8 Å². The Kier molecular flexibility index (Phi) is 11.8. The quantitative estimate of drug-likeness (QED) is 0.168. The summed E-state index contributed by atoms with van der Waals surface area (Å²) in [5.41, 5.74) is 6.96. The van der Waals surface area contributed by atoms with Gasteiger partial charge in [-0.1, -0.05) is 91.0 Å². The zero-order chi connectivity index (χ0) is 40.7. The second-order valence-corrected chi connectivity index (χ2v) is 15.2. The number of amides is 2. The molecule has 0 aliphatic carbocycles. The minimum Gasteiger partial charge on any atom is -0.348 e. The molecule has 2 amide bonds. The van der Waals surface area contributed by atoms with Gasteiger partial charge in [0.15, 0.2) is 0 Å². The fraction of sp³-hybridized carbons (Fsp3) is 0.224. The van der Waals surface area contributed by atoms with Crippen LogP contribution in [-0.2, 0) is 0 Å². The van der Waals surface area contributed by atoms with Crippen LogP contribution in [0.5, 0.6) is 0 Å². The van der Waals surface area contributed by atoms with Crippen molar-refractivity contribution in [3.63, 3.8) is 0 Å². The summed E-state index contributed by atoms with van der Waals surface area (Å²) in [7, 11) is 0. The first-order valence-electron chi connectivity index (χ1n) is 20.2. The van der Waals surface area contributed by atoms with Crippen LogP contribution in [0.4, 0.5) is 8.78 Å². The van der Waals surface area contributed by atoms with Gasteiger partial charge in [-0.05, 0) is 80.1 Å². The Morgan fingerprint density at radius 3 is 1.39 bits per heavy atom. The molecule has 2 aliphatic rings. The molecule has 2 aliphatic heterocycles. The highest BCUT2D eigenvalue weighted by molar-refractivity contribution is 5.95. The van der Waals surface area contributed by atoms with Crippen LogP contribution in [-0.4, -0.2) is 67.7 Å². The van der Waals surface area contributed by atoms with Gasteiger partial charge in [0.05, 0.1) is 11.4 Å². The van der Waals surface area contributed by atoms with Crippen molar-refractivity contribution in [3.05, 3.63) is 180 Å². The standard InChI is InChI=1S/C27H24FN3O.C22H22FN3O/c28-24-9-5-4-8-23(24)19-10-12-22(13-11-19)27(32)31-16-14-21(15-17-31)26-29-18-25(30-26)20-6-2-1-3-7-20;1-15-14-24-21(25-15)17-10-12-26(13-11-17)22(27)18-8-6-16(7-9-18)19-4-2-3-5-20(19)23/h1-13,18,21H,14-17H2,(H,29,30);2-9,14,17H,10-13H2,1H3,(H,24,25). The highest BCUT2D eigenvalue weighted by Gasteiger charge is 2.28. The number of H-pyrrole nitrogens is 2. The van der Waals surface area contributed by atoms with Gasteiger partial charge in [-0.25, -0.2) is 18.7 Å². The summed E-state index contributed by atoms with van der Waals surface area (Å²) in [6, 6.07) is 37.8. The molecule has 0 spiro atoms. The number of hydrogen-bond donors (Lipinski definition) is 2. The van der Waals surface area contributed by atoms with Crippen molar-refractivity contribution in [2.75, 3.05) is 26.2 Å². The molecule has 7 aromatic rings. The van der Waals surface area contributed by atoms with Crippen LogP contribution in [0.1, 0.15) is 75.6 Å². The number of piperidine rings is 2. The Balaban J connectivity index is 0.000000167. The SMILES string of the molecule is Cc1c[nH]c(C2CCN(C(=O)c3ccc(-c4ccccc4F)cc3)CC2)n1.O=C(c1ccc(-c2ccccc2F)cc1)N1CCC(c2nc(-c3ccccc3)c[nH]2)CC1. The summed E-state index contributed by atoms with van der Waals surface area (Å²) in [6.45, 7) is 4.81. The summed E-state index contributed by atoms with van der Waals surface area (Å²) < 4.78 is 27.9. The average Bonchev–Trinajstić information content (AvgIpc) is 3.97. The molecule has 0 unspecified atom stereocenters. The van der Waals surface area contributed by atoms with E-state index in [4.69, 9.17) is 4.98 Å². The Morgan fingerprint density at radius 1 is 0.525 bits per heavy atom. The molecule has 8 nitrogen and oxygen atoms in total. The number of rotatable bonds is 7. The molecule has 10 heteroatoms. The van der Waals surface area contributed by atoms with E-state index in [-0.39, 0.29) is 23.4 Å². The number of aromatic nitrogens is 4. The number of hydrogen-bond acceptors (Lipinski definition) is 4. The third-order valence-electron chi connectivity index (χ3n) is 11.4. The number of aryl methyl sites for hydroxylation is 1. The Hall–Kier alpha value is -6.68. The summed E-state index contributed by atoms with van der Waals surface area (Å²) in [6.07, 6.45) is 7.45. The van der Waals surface area contributed by atoms with Gasteiger partial charge in [0.1, 0.15) is 23.3 Å². The lowest BCUT2D eigenvalue weighted by atomic mass is 9.95. The summed E-state index contributed by atoms with van der Waals surface area (Å²) in [5.74, 6) is 2.25. The van der Waals surface area contributed by atoms with Gasteiger partial charge in [0.2, 0.25) is 0 Å². The second kappa shape index (κ2) is 17.9. The van der Waals surface area contributed by atoms with Crippen molar-refractivity contribution in [2.24, 2.45) is 0 Å². The van der Waals surface area contributed by atoms with Gasteiger partial charge in [-0.3, -0.25) is 9.59 Å². The number of imidazole rings is 2. The van der Waals surface area contributed by atoms with Gasteiger partial charge in [-0.2, -0.15) is 0 Å². The fourth-order valence-electron chi connectivity index (χ4n) is 8.00. The number of nitrogens with zero attached hydrogens (tertiary/aromatic N) is 4. The van der Waals surface area contributed by atoms with Gasteiger partial charge < -0.3 is 19.8 Å². The maximum Gasteiger partial charge on any atom is 0.253 e. The lowest BCUT2D eigenvalue weighted by Crippen LogP contribution is -2.38. The first kappa shape index (κ1) is 39.2. The van der Waals surface area contributed by atoms with Crippen LogP contribution >= 0.6 is 0 Å². The number of carbonyl (C=O) groups excluding carboxylic acids is 2. The van der Waals surface area contributed by atoms with Crippen molar-refractivity contribution in [1.29, 1.82) is 0 Å². The molecule has 0 radical (unpaired) electrons. The van der Waals surface area contributed by atoms with E-state index in [2.05, 4.69) is 27.1 Å². The van der Waals surface area contributed by atoms with Crippen molar-refractivity contribution in [3.8, 4) is 33.5 Å². The summed E-state index contributed by atoms with van der Waals surface area (Å²) in [5, 5.41) is 0. The smallest absolute Gasteiger partial charge is 0.253 e. The van der Waals surface area contributed by atoms with E-state index in [1.807, 2.05) is 83.7 Å². The fourth-order valence-corrected chi connectivity index (χ4v) is 8.00. The minimum atomic E-state index is -0.262. The lowest BCUT2D eigenvalue weighted by molar-refractivity contribution is 0.0704. The van der Waals surface area contributed by atoms with E-state index >= 15 is 0 Å². The van der Waals surface area contributed by atoms with Crippen LogP contribution in [0, 0.1) is 18.6 Å². The Bertz CT molecular complexity index is 2500. The van der Waals surface area contributed by atoms with E-state index in [1.165, 1.54) is 12.1 Å². The highest BCUT2D eigenvalue weighted by Crippen LogP contribution is 2.31. The first-order valence-corrected chi connectivity index (χ1v) is 20.2. The number of aromatic amines is 2. The molecular formula is C49H46F2N6O2.